The van der Waals surface area contributed by atoms with Crippen LogP contribution in [0.1, 0.15) is 49.2 Å². The molecule has 2 aliphatic rings. The van der Waals surface area contributed by atoms with Crippen LogP contribution in [-0.2, 0) is 20.1 Å². The van der Waals surface area contributed by atoms with Gasteiger partial charge < -0.3 is 8.98 Å². The van der Waals surface area contributed by atoms with Crippen LogP contribution in [-0.4, -0.2) is 15.5 Å². The number of pyridine rings is 1. The summed E-state index contributed by atoms with van der Waals surface area (Å²) in [6, 6.07) is 8.69. The second kappa shape index (κ2) is 5.68. The van der Waals surface area contributed by atoms with Gasteiger partial charge >= 0.3 is 0 Å². The Bertz CT molecular complexity index is 757. The second-order valence-electron chi connectivity index (χ2n) is 7.24. The van der Waals surface area contributed by atoms with E-state index in [1.165, 1.54) is 19.3 Å². The topological polar surface area (TPSA) is 38.4 Å². The zero-order chi connectivity index (χ0) is 16.0. The van der Waals surface area contributed by atoms with Crippen LogP contribution in [0.15, 0.2) is 39.7 Å². The molecule has 2 heterocycles. The van der Waals surface area contributed by atoms with Crippen molar-refractivity contribution in [1.29, 1.82) is 0 Å². The van der Waals surface area contributed by atoms with E-state index in [2.05, 4.69) is 24.0 Å². The number of rotatable bonds is 6. The first kappa shape index (κ1) is 14.8. The van der Waals surface area contributed by atoms with Crippen LogP contribution in [0.3, 0.4) is 0 Å². The molecule has 0 radical (unpaired) electrons. The molecule has 2 fully saturated rings. The lowest BCUT2D eigenvalue weighted by molar-refractivity contribution is 0.223. The van der Waals surface area contributed by atoms with Gasteiger partial charge in [0.1, 0.15) is 11.5 Å². The highest BCUT2D eigenvalue weighted by Crippen LogP contribution is 2.47. The lowest BCUT2D eigenvalue weighted by Crippen LogP contribution is -2.26. The largest absolute Gasteiger partial charge is 0.464 e. The molecule has 0 bridgehead atoms. The molecular weight excluding hydrogens is 288 g/mol. The Morgan fingerprint density at radius 3 is 2.70 bits per heavy atom. The van der Waals surface area contributed by atoms with Crippen molar-refractivity contribution >= 4 is 0 Å². The van der Waals surface area contributed by atoms with E-state index >= 15 is 0 Å². The van der Waals surface area contributed by atoms with Crippen molar-refractivity contribution in [2.45, 2.75) is 51.2 Å². The molecule has 0 aliphatic heterocycles. The van der Waals surface area contributed by atoms with E-state index in [0.29, 0.717) is 12.0 Å². The predicted molar refractivity (Wildman–Crippen MR) is 89.2 cm³/mol. The van der Waals surface area contributed by atoms with Crippen LogP contribution in [0.4, 0.5) is 0 Å². The van der Waals surface area contributed by atoms with Crippen LogP contribution >= 0.6 is 0 Å². The summed E-state index contributed by atoms with van der Waals surface area (Å²) < 4.78 is 7.67. The van der Waals surface area contributed by atoms with Gasteiger partial charge in [-0.25, -0.2) is 0 Å². The maximum Gasteiger partial charge on any atom is 0.250 e. The first-order valence-electron chi connectivity index (χ1n) is 8.58. The SMILES string of the molecule is C[C@H]1C[C@H]1c1ccc(CN(Cc2ccn(C)c(=O)c2)C2CC2)o1. The number of aromatic nitrogens is 1. The molecular formula is C19H24N2O2. The fourth-order valence-electron chi connectivity index (χ4n) is 3.27. The molecule has 0 N–H and O–H groups in total. The summed E-state index contributed by atoms with van der Waals surface area (Å²) in [5.74, 6) is 3.61. The average Bonchev–Trinajstić information content (AvgIpc) is 3.44. The fraction of sp³-hybridized carbons (Fsp3) is 0.526. The molecule has 122 valence electrons. The fourth-order valence-corrected chi connectivity index (χ4v) is 3.27. The minimum atomic E-state index is 0.0567. The Morgan fingerprint density at radius 2 is 2.04 bits per heavy atom. The van der Waals surface area contributed by atoms with Crippen LogP contribution in [0.5, 0.6) is 0 Å². The minimum Gasteiger partial charge on any atom is -0.464 e. The molecule has 0 spiro atoms. The Labute approximate surface area is 136 Å². The maximum absolute atomic E-state index is 11.8. The monoisotopic (exact) mass is 312 g/mol. The summed E-state index contributed by atoms with van der Waals surface area (Å²) in [5.41, 5.74) is 1.14. The number of hydrogen-bond donors (Lipinski definition) is 0. The highest BCUT2D eigenvalue weighted by Gasteiger charge is 2.37. The normalized spacial score (nSPS) is 23.4. The van der Waals surface area contributed by atoms with Crippen molar-refractivity contribution in [1.82, 2.24) is 9.47 Å². The average molecular weight is 312 g/mol. The standard InChI is InChI=1S/C19H24N2O2/c1-13-9-17(13)18-6-5-16(23-18)12-21(15-3-4-15)11-14-7-8-20(2)19(22)10-14/h5-8,10,13,15,17H,3-4,9,11-12H2,1-2H3/t13-,17+/m0/s1. The summed E-state index contributed by atoms with van der Waals surface area (Å²) >= 11 is 0. The molecule has 2 atom stereocenters. The molecule has 4 nitrogen and oxygen atoms in total. The molecule has 2 aromatic heterocycles. The van der Waals surface area contributed by atoms with Gasteiger partial charge in [0.15, 0.2) is 0 Å². The molecule has 0 unspecified atom stereocenters. The van der Waals surface area contributed by atoms with Gasteiger partial charge in [-0.3, -0.25) is 9.69 Å². The third kappa shape index (κ3) is 3.27. The molecule has 0 saturated heterocycles. The third-order valence-corrected chi connectivity index (χ3v) is 5.13. The van der Waals surface area contributed by atoms with Gasteiger partial charge in [-0.15, -0.1) is 0 Å². The summed E-state index contributed by atoms with van der Waals surface area (Å²) in [6.07, 6.45) is 5.60. The van der Waals surface area contributed by atoms with E-state index < -0.39 is 0 Å². The first-order chi connectivity index (χ1) is 11.1. The van der Waals surface area contributed by atoms with Gasteiger partial charge in [-0.05, 0) is 48.9 Å². The predicted octanol–water partition coefficient (Wildman–Crippen LogP) is 3.27. The lowest BCUT2D eigenvalue weighted by Gasteiger charge is -2.21. The van der Waals surface area contributed by atoms with E-state index in [1.807, 2.05) is 12.3 Å². The van der Waals surface area contributed by atoms with Gasteiger partial charge in [0.2, 0.25) is 0 Å². The zero-order valence-corrected chi connectivity index (χ0v) is 13.9. The Hall–Kier alpha value is -1.81. The number of nitrogens with zero attached hydrogens (tertiary/aromatic N) is 2. The van der Waals surface area contributed by atoms with Crippen molar-refractivity contribution in [2.75, 3.05) is 0 Å². The summed E-state index contributed by atoms with van der Waals surface area (Å²) in [4.78, 5) is 14.2. The molecule has 4 rings (SSSR count). The van der Waals surface area contributed by atoms with Crippen LogP contribution in [0.2, 0.25) is 0 Å². The van der Waals surface area contributed by atoms with E-state index in [4.69, 9.17) is 4.42 Å². The van der Waals surface area contributed by atoms with E-state index in [-0.39, 0.29) is 5.56 Å². The highest BCUT2D eigenvalue weighted by atomic mass is 16.3. The van der Waals surface area contributed by atoms with Crippen LogP contribution in [0, 0.1) is 5.92 Å². The Kier molecular flexibility index (Phi) is 3.64. The quantitative estimate of drug-likeness (QED) is 0.822. The van der Waals surface area contributed by atoms with Crippen molar-refractivity contribution < 1.29 is 4.42 Å². The number of aryl methyl sites for hydroxylation is 1. The number of hydrogen-bond acceptors (Lipinski definition) is 3. The maximum atomic E-state index is 11.8. The summed E-state index contributed by atoms with van der Waals surface area (Å²) in [6.45, 7) is 3.93. The minimum absolute atomic E-state index is 0.0567. The van der Waals surface area contributed by atoms with Crippen molar-refractivity contribution in [2.24, 2.45) is 13.0 Å². The Morgan fingerprint density at radius 1 is 1.26 bits per heavy atom. The molecule has 0 amide bonds. The Balaban J connectivity index is 1.46. The van der Waals surface area contributed by atoms with Crippen molar-refractivity contribution in [3.05, 3.63) is 57.9 Å². The van der Waals surface area contributed by atoms with E-state index in [0.717, 1.165) is 36.1 Å². The van der Waals surface area contributed by atoms with Gasteiger partial charge in [-0.2, -0.15) is 0 Å². The van der Waals surface area contributed by atoms with E-state index in [1.54, 1.807) is 17.7 Å². The summed E-state index contributed by atoms with van der Waals surface area (Å²) in [7, 11) is 1.79. The van der Waals surface area contributed by atoms with Gasteiger partial charge in [-0.1, -0.05) is 6.92 Å². The zero-order valence-electron chi connectivity index (χ0n) is 13.9. The van der Waals surface area contributed by atoms with Crippen LogP contribution < -0.4 is 5.56 Å². The van der Waals surface area contributed by atoms with Gasteiger partial charge in [0, 0.05) is 37.8 Å². The molecule has 23 heavy (non-hydrogen) atoms. The second-order valence-corrected chi connectivity index (χ2v) is 7.24. The third-order valence-electron chi connectivity index (χ3n) is 5.13. The number of furan rings is 1. The smallest absolute Gasteiger partial charge is 0.250 e. The molecule has 2 aromatic rings. The van der Waals surface area contributed by atoms with Gasteiger partial charge in [0.05, 0.1) is 6.54 Å². The lowest BCUT2D eigenvalue weighted by atomic mass is 10.2. The molecule has 2 aliphatic carbocycles. The highest BCUT2D eigenvalue weighted by molar-refractivity contribution is 5.18. The first-order valence-corrected chi connectivity index (χ1v) is 8.58. The van der Waals surface area contributed by atoms with Crippen LogP contribution in [0.25, 0.3) is 0 Å². The van der Waals surface area contributed by atoms with Crippen molar-refractivity contribution in [3.63, 3.8) is 0 Å². The molecule has 2 saturated carbocycles. The summed E-state index contributed by atoms with van der Waals surface area (Å²) in [5, 5.41) is 0. The molecule has 0 aromatic carbocycles. The van der Waals surface area contributed by atoms with Crippen molar-refractivity contribution in [3.8, 4) is 0 Å². The molecule has 4 heteroatoms. The van der Waals surface area contributed by atoms with E-state index in [9.17, 15) is 4.79 Å². The van der Waals surface area contributed by atoms with Gasteiger partial charge in [0.25, 0.3) is 5.56 Å².